The number of halogens is 3. The third-order valence-corrected chi connectivity index (χ3v) is 2.49. The maximum atomic E-state index is 11.6. The lowest BCUT2D eigenvalue weighted by Crippen LogP contribution is -2.28. The third-order valence-electron chi connectivity index (χ3n) is 1.52. The Bertz CT molecular complexity index is 143. The average molecular weight is 231 g/mol. The number of hydrogen-bond acceptors (Lipinski definition) is 3. The van der Waals surface area contributed by atoms with Crippen LogP contribution in [-0.4, -0.2) is 44.0 Å². The summed E-state index contributed by atoms with van der Waals surface area (Å²) in [5, 5.41) is 3.48. The smallest absolute Gasteiger partial charge is 0.371 e. The standard InChI is InChI=1S/C8H16F3NOS/c1-7(14-2)5-12-3-4-13-6-8(9,10)11/h7,12H,3-6H2,1-2H3. The van der Waals surface area contributed by atoms with Gasteiger partial charge >= 0.3 is 6.18 Å². The zero-order chi connectivity index (χ0) is 11.0. The van der Waals surface area contributed by atoms with E-state index in [1.807, 2.05) is 13.2 Å². The summed E-state index contributed by atoms with van der Waals surface area (Å²) < 4.78 is 39.2. The molecule has 0 amide bonds. The van der Waals surface area contributed by atoms with Gasteiger partial charge in [-0.05, 0) is 6.26 Å². The Labute approximate surface area is 86.6 Å². The van der Waals surface area contributed by atoms with Crippen LogP contribution in [-0.2, 0) is 4.74 Å². The summed E-state index contributed by atoms with van der Waals surface area (Å²) in [5.74, 6) is 0. The summed E-state index contributed by atoms with van der Waals surface area (Å²) in [6, 6.07) is 0. The van der Waals surface area contributed by atoms with Gasteiger partial charge < -0.3 is 10.1 Å². The summed E-state index contributed by atoms with van der Waals surface area (Å²) in [6.45, 7) is 2.24. The Morgan fingerprint density at radius 3 is 2.57 bits per heavy atom. The van der Waals surface area contributed by atoms with E-state index in [0.717, 1.165) is 6.54 Å². The van der Waals surface area contributed by atoms with Crippen LogP contribution >= 0.6 is 11.8 Å². The Kier molecular flexibility index (Phi) is 7.40. The fourth-order valence-corrected chi connectivity index (χ4v) is 1.01. The highest BCUT2D eigenvalue weighted by atomic mass is 32.2. The first-order valence-corrected chi connectivity index (χ1v) is 5.62. The Morgan fingerprint density at radius 2 is 2.07 bits per heavy atom. The van der Waals surface area contributed by atoms with E-state index < -0.39 is 12.8 Å². The van der Waals surface area contributed by atoms with Gasteiger partial charge in [0.15, 0.2) is 0 Å². The predicted molar refractivity (Wildman–Crippen MR) is 52.7 cm³/mol. The lowest BCUT2D eigenvalue weighted by molar-refractivity contribution is -0.173. The average Bonchev–Trinajstić information content (AvgIpc) is 2.08. The highest BCUT2D eigenvalue weighted by molar-refractivity contribution is 7.99. The quantitative estimate of drug-likeness (QED) is 0.676. The number of nitrogens with one attached hydrogen (secondary N) is 1. The van der Waals surface area contributed by atoms with Crippen LogP contribution in [0.3, 0.4) is 0 Å². The second-order valence-corrected chi connectivity index (χ2v) is 4.19. The van der Waals surface area contributed by atoms with Crippen LogP contribution in [0, 0.1) is 0 Å². The topological polar surface area (TPSA) is 21.3 Å². The predicted octanol–water partition coefficient (Wildman–Crippen LogP) is 1.91. The second kappa shape index (κ2) is 7.36. The maximum absolute atomic E-state index is 11.6. The van der Waals surface area contributed by atoms with Crippen LogP contribution in [0.4, 0.5) is 13.2 Å². The molecule has 0 aliphatic rings. The minimum absolute atomic E-state index is 0.0978. The molecule has 0 fully saturated rings. The molecule has 86 valence electrons. The van der Waals surface area contributed by atoms with Gasteiger partial charge in [0.2, 0.25) is 0 Å². The molecule has 0 saturated heterocycles. The number of hydrogen-bond donors (Lipinski definition) is 1. The van der Waals surface area contributed by atoms with Crippen molar-refractivity contribution in [3.63, 3.8) is 0 Å². The van der Waals surface area contributed by atoms with E-state index in [0.29, 0.717) is 11.8 Å². The van der Waals surface area contributed by atoms with Crippen molar-refractivity contribution >= 4 is 11.8 Å². The summed E-state index contributed by atoms with van der Waals surface area (Å²) in [4.78, 5) is 0. The largest absolute Gasteiger partial charge is 0.411 e. The second-order valence-electron chi connectivity index (χ2n) is 2.92. The molecule has 0 bridgehead atoms. The molecule has 0 aromatic heterocycles. The lowest BCUT2D eigenvalue weighted by atomic mass is 10.4. The molecule has 0 saturated carbocycles. The number of rotatable bonds is 7. The van der Waals surface area contributed by atoms with Crippen LogP contribution < -0.4 is 5.32 Å². The molecular formula is C8H16F3NOS. The maximum Gasteiger partial charge on any atom is 0.411 e. The SMILES string of the molecule is CSC(C)CNCCOCC(F)(F)F. The molecule has 0 aliphatic heterocycles. The molecular weight excluding hydrogens is 215 g/mol. The van der Waals surface area contributed by atoms with Crippen molar-refractivity contribution in [2.24, 2.45) is 0 Å². The monoisotopic (exact) mass is 231 g/mol. The fraction of sp³-hybridized carbons (Fsp3) is 1.00. The molecule has 1 unspecified atom stereocenters. The molecule has 0 radical (unpaired) electrons. The van der Waals surface area contributed by atoms with Crippen LogP contribution in [0.15, 0.2) is 0 Å². The number of alkyl halides is 3. The first-order chi connectivity index (χ1) is 6.45. The van der Waals surface area contributed by atoms with Crippen LogP contribution in [0.25, 0.3) is 0 Å². The number of thioether (sulfide) groups is 1. The normalized spacial score (nSPS) is 14.4. The molecule has 0 heterocycles. The highest BCUT2D eigenvalue weighted by Gasteiger charge is 2.27. The molecule has 0 spiro atoms. The molecule has 0 aliphatic carbocycles. The van der Waals surface area contributed by atoms with Crippen LogP contribution in [0.2, 0.25) is 0 Å². The van der Waals surface area contributed by atoms with Gasteiger partial charge in [0.1, 0.15) is 6.61 Å². The Hall–Kier alpha value is 0.0600. The fourth-order valence-electron chi connectivity index (χ4n) is 0.721. The van der Waals surface area contributed by atoms with Gasteiger partial charge in [-0.3, -0.25) is 0 Å². The zero-order valence-electron chi connectivity index (χ0n) is 8.36. The van der Waals surface area contributed by atoms with Crippen molar-refractivity contribution < 1.29 is 17.9 Å². The van der Waals surface area contributed by atoms with Crippen molar-refractivity contribution in [3.8, 4) is 0 Å². The summed E-state index contributed by atoms with van der Waals surface area (Å²) in [7, 11) is 0. The zero-order valence-corrected chi connectivity index (χ0v) is 9.17. The van der Waals surface area contributed by atoms with Gasteiger partial charge in [0.05, 0.1) is 6.61 Å². The van der Waals surface area contributed by atoms with Crippen LogP contribution in [0.1, 0.15) is 6.92 Å². The van der Waals surface area contributed by atoms with E-state index in [-0.39, 0.29) is 6.61 Å². The van der Waals surface area contributed by atoms with Gasteiger partial charge in [-0.15, -0.1) is 0 Å². The molecule has 1 N–H and O–H groups in total. The van der Waals surface area contributed by atoms with Crippen molar-refractivity contribution in [2.75, 3.05) is 32.6 Å². The highest BCUT2D eigenvalue weighted by Crippen LogP contribution is 2.13. The van der Waals surface area contributed by atoms with Gasteiger partial charge in [0.25, 0.3) is 0 Å². The molecule has 14 heavy (non-hydrogen) atoms. The minimum atomic E-state index is -4.22. The Balaban J connectivity index is 3.14. The number of ether oxygens (including phenoxy) is 1. The van der Waals surface area contributed by atoms with Crippen LogP contribution in [0.5, 0.6) is 0 Å². The molecule has 0 aromatic carbocycles. The van der Waals surface area contributed by atoms with Crippen molar-refractivity contribution in [2.45, 2.75) is 18.3 Å². The van der Waals surface area contributed by atoms with E-state index in [2.05, 4.69) is 10.1 Å². The van der Waals surface area contributed by atoms with E-state index in [1.165, 1.54) is 0 Å². The lowest BCUT2D eigenvalue weighted by Gasteiger charge is -2.10. The summed E-state index contributed by atoms with van der Waals surface area (Å²) in [6.07, 6.45) is -2.22. The van der Waals surface area contributed by atoms with Crippen molar-refractivity contribution in [1.29, 1.82) is 0 Å². The molecule has 0 aromatic rings. The third kappa shape index (κ3) is 10.1. The van der Waals surface area contributed by atoms with E-state index >= 15 is 0 Å². The van der Waals surface area contributed by atoms with Gasteiger partial charge in [-0.2, -0.15) is 24.9 Å². The van der Waals surface area contributed by atoms with Gasteiger partial charge in [0, 0.05) is 18.3 Å². The summed E-state index contributed by atoms with van der Waals surface area (Å²) >= 11 is 1.71. The minimum Gasteiger partial charge on any atom is -0.371 e. The van der Waals surface area contributed by atoms with E-state index in [1.54, 1.807) is 11.8 Å². The van der Waals surface area contributed by atoms with Crippen molar-refractivity contribution in [1.82, 2.24) is 5.32 Å². The molecule has 2 nitrogen and oxygen atoms in total. The Morgan fingerprint density at radius 1 is 1.43 bits per heavy atom. The van der Waals surface area contributed by atoms with Crippen molar-refractivity contribution in [3.05, 3.63) is 0 Å². The first-order valence-electron chi connectivity index (χ1n) is 4.33. The first kappa shape index (κ1) is 14.1. The summed E-state index contributed by atoms with van der Waals surface area (Å²) in [5.41, 5.74) is 0. The van der Waals surface area contributed by atoms with Gasteiger partial charge in [-0.25, -0.2) is 0 Å². The molecule has 0 rings (SSSR count). The van der Waals surface area contributed by atoms with E-state index in [9.17, 15) is 13.2 Å². The van der Waals surface area contributed by atoms with E-state index in [4.69, 9.17) is 0 Å². The van der Waals surface area contributed by atoms with Gasteiger partial charge in [-0.1, -0.05) is 6.92 Å². The molecule has 6 heteroatoms. The molecule has 1 atom stereocenters.